The van der Waals surface area contributed by atoms with Crippen LogP contribution in [0.1, 0.15) is 46.2 Å². The Labute approximate surface area is 118 Å². The Kier molecular flexibility index (Phi) is 1.09. The summed E-state index contributed by atoms with van der Waals surface area (Å²) in [5.41, 5.74) is -3.96. The number of hydrogen-bond donors (Lipinski definition) is 1. The zero-order valence-electron chi connectivity index (χ0n) is 20.1. The first-order valence-electron chi connectivity index (χ1n) is 10.5. The summed E-state index contributed by atoms with van der Waals surface area (Å²) in [7, 11) is 0. The van der Waals surface area contributed by atoms with Gasteiger partial charge < -0.3 is 5.31 Å². The first-order valence-corrected chi connectivity index (χ1v) is 4.88. The molecule has 1 unspecified atom stereocenters. The van der Waals surface area contributed by atoms with Crippen molar-refractivity contribution in [3.05, 3.63) is 34.8 Å². The SMILES string of the molecule is [2H]c1c([2H])c([2H])c(C2(N([2H])C([2H])([2H])[2H])C(=O)CC([2H])([2H])CC2([2H])[2H])c(Cl)c1[2H]. The van der Waals surface area contributed by atoms with Crippen molar-refractivity contribution in [1.29, 1.82) is 0 Å². The maximum atomic E-state index is 13.0. The summed E-state index contributed by atoms with van der Waals surface area (Å²) in [6.45, 7) is -3.38. The van der Waals surface area contributed by atoms with Gasteiger partial charge in [-0.1, -0.05) is 36.1 Å². The minimum Gasteiger partial charge on any atom is -0.304 e. The Morgan fingerprint density at radius 2 is 2.50 bits per heavy atom. The highest BCUT2D eigenvalue weighted by Gasteiger charge is 2.40. The van der Waals surface area contributed by atoms with Crippen molar-refractivity contribution in [3.63, 3.8) is 0 Å². The van der Waals surface area contributed by atoms with Crippen LogP contribution >= 0.6 is 11.6 Å². The number of carbonyl (C=O) groups is 1. The lowest BCUT2D eigenvalue weighted by atomic mass is 9.75. The van der Waals surface area contributed by atoms with Crippen LogP contribution in [0.15, 0.2) is 24.2 Å². The molecule has 2 nitrogen and oxygen atoms in total. The topological polar surface area (TPSA) is 29.1 Å². The van der Waals surface area contributed by atoms with Gasteiger partial charge in [0.2, 0.25) is 0 Å². The van der Waals surface area contributed by atoms with Gasteiger partial charge in [0.25, 0.3) is 0 Å². The van der Waals surface area contributed by atoms with E-state index in [2.05, 4.69) is 0 Å². The molecule has 0 bridgehead atoms. The molecule has 86 valence electrons. The summed E-state index contributed by atoms with van der Waals surface area (Å²) in [6, 6.07) is -3.46. The minimum absolute atomic E-state index is 0.334. The smallest absolute Gasteiger partial charge is 0.157 e. The van der Waals surface area contributed by atoms with E-state index in [1.54, 1.807) is 0 Å². The Morgan fingerprint density at radius 3 is 3.25 bits per heavy atom. The van der Waals surface area contributed by atoms with E-state index in [1.165, 1.54) is 0 Å². The number of ketones is 1. The third-order valence-corrected chi connectivity index (χ3v) is 2.61. The van der Waals surface area contributed by atoms with Gasteiger partial charge in [0.1, 0.15) is 6.95 Å². The van der Waals surface area contributed by atoms with E-state index in [0.29, 0.717) is 0 Å². The quantitative estimate of drug-likeness (QED) is 0.873. The summed E-state index contributed by atoms with van der Waals surface area (Å²) in [5.74, 6) is -1.35. The van der Waals surface area contributed by atoms with E-state index < -0.39 is 78.6 Å². The molecule has 1 fully saturated rings. The molecule has 0 spiro atoms. The predicted octanol–water partition coefficient (Wildman–Crippen LogP) is 2.90. The molecule has 1 N–H and O–H groups in total. The van der Waals surface area contributed by atoms with Crippen LogP contribution in [0.2, 0.25) is 6.43 Å². The van der Waals surface area contributed by atoms with E-state index >= 15 is 0 Å². The van der Waals surface area contributed by atoms with Crippen LogP contribution < -0.4 is 5.31 Å². The molecule has 0 heterocycles. The molecule has 0 saturated heterocycles. The van der Waals surface area contributed by atoms with Crippen molar-refractivity contribution in [1.82, 2.24) is 5.31 Å². The van der Waals surface area contributed by atoms with Crippen LogP contribution in [0.4, 0.5) is 0 Å². The standard InChI is InChI=1S/C13H16ClNO/c1-15-13(9-5-4-8-12(13)16)10-6-2-3-7-11(10)14/h2-3,6-7,15H,4-5,8-9H2,1H3/i1D3,2D,3D,4D2,6D,7D,9D2/hD. The van der Waals surface area contributed by atoms with Gasteiger partial charge in [-0.25, -0.2) is 0 Å². The van der Waals surface area contributed by atoms with Gasteiger partial charge in [0, 0.05) is 21.0 Å². The molecule has 1 aromatic carbocycles. The van der Waals surface area contributed by atoms with E-state index in [-0.39, 0.29) is 5.31 Å². The Bertz CT molecular complexity index is 809. The molecule has 0 radical (unpaired) electrons. The molecular weight excluding hydrogens is 222 g/mol. The van der Waals surface area contributed by atoms with Crippen molar-refractivity contribution in [3.8, 4) is 0 Å². The van der Waals surface area contributed by atoms with Crippen LogP contribution in [-0.4, -0.2) is 12.8 Å². The highest BCUT2D eigenvalue weighted by atomic mass is 35.5. The molecule has 0 amide bonds. The third kappa shape index (κ3) is 1.76. The average molecular weight is 250 g/mol. The number of likely N-dealkylation sites (N-methyl/N-ethyl adjacent to an activating group) is 1. The molecule has 1 saturated carbocycles. The van der Waals surface area contributed by atoms with Crippen LogP contribution in [0.5, 0.6) is 0 Å². The van der Waals surface area contributed by atoms with Crippen molar-refractivity contribution in [2.75, 3.05) is 6.98 Å². The Balaban J connectivity index is 3.06. The van der Waals surface area contributed by atoms with E-state index in [0.717, 1.165) is 0 Å². The number of rotatable bonds is 2. The normalized spacial score (nSPS) is 44.0. The molecular formula is C13H16ClNO. The molecule has 2 rings (SSSR count). The molecule has 0 aromatic heterocycles. The Hall–Kier alpha value is -0.860. The summed E-state index contributed by atoms with van der Waals surface area (Å²) in [5, 5.41) is -1.13. The maximum absolute atomic E-state index is 13.0. The van der Waals surface area contributed by atoms with Crippen LogP contribution in [0.3, 0.4) is 0 Å². The fourth-order valence-electron chi connectivity index (χ4n) is 1.53. The van der Waals surface area contributed by atoms with Crippen LogP contribution in [0.25, 0.3) is 0 Å². The first-order chi connectivity index (χ1) is 12.4. The highest BCUT2D eigenvalue weighted by Crippen LogP contribution is 2.37. The van der Waals surface area contributed by atoms with E-state index in [4.69, 9.17) is 28.1 Å². The van der Waals surface area contributed by atoms with E-state index in [9.17, 15) is 4.79 Å². The molecule has 1 aliphatic rings. The second-order valence-corrected chi connectivity index (χ2v) is 3.59. The van der Waals surface area contributed by atoms with Crippen molar-refractivity contribution in [2.45, 2.75) is 31.1 Å². The number of Topliss-reactive ketones (excluding diaryl/α,β-unsaturated/α-hetero) is 1. The van der Waals surface area contributed by atoms with Gasteiger partial charge >= 0.3 is 0 Å². The molecule has 1 aliphatic carbocycles. The predicted molar refractivity (Wildman–Crippen MR) is 65.7 cm³/mol. The molecule has 1 aromatic rings. The van der Waals surface area contributed by atoms with Gasteiger partial charge in [0.05, 0.1) is 5.48 Å². The van der Waals surface area contributed by atoms with Gasteiger partial charge in [0.15, 0.2) is 5.78 Å². The second-order valence-electron chi connectivity index (χ2n) is 3.21. The summed E-state index contributed by atoms with van der Waals surface area (Å²) < 4.78 is 94.3. The first kappa shape index (κ1) is 3.82. The minimum atomic E-state index is -3.38. The lowest BCUT2D eigenvalue weighted by Gasteiger charge is -2.36. The van der Waals surface area contributed by atoms with E-state index in [1.807, 2.05) is 0 Å². The average Bonchev–Trinajstić information content (AvgIpc) is 2.50. The van der Waals surface area contributed by atoms with Crippen molar-refractivity contribution < 1.29 is 21.3 Å². The Morgan fingerprint density at radius 1 is 1.69 bits per heavy atom. The summed E-state index contributed by atoms with van der Waals surface area (Å²) in [6.07, 6.45) is -7.34. The number of benzene rings is 1. The maximum Gasteiger partial charge on any atom is 0.157 e. The van der Waals surface area contributed by atoms with Gasteiger partial charge in [-0.2, -0.15) is 0 Å². The zero-order chi connectivity index (χ0) is 22.0. The molecule has 0 aliphatic heterocycles. The number of carbonyl (C=O) groups excluding carboxylic acids is 1. The fraction of sp³-hybridized carbons (Fsp3) is 0.462. The van der Waals surface area contributed by atoms with Gasteiger partial charge in [-0.15, -0.1) is 0 Å². The second kappa shape index (κ2) is 4.56. The number of halogens is 1. The fourth-order valence-corrected chi connectivity index (χ4v) is 1.76. The lowest BCUT2D eigenvalue weighted by molar-refractivity contribution is -0.127. The number of hydrogen-bond acceptors (Lipinski definition) is 2. The third-order valence-electron chi connectivity index (χ3n) is 2.33. The summed E-state index contributed by atoms with van der Waals surface area (Å²) >= 11 is 6.04. The van der Waals surface area contributed by atoms with Gasteiger partial charge in [-0.3, -0.25) is 4.79 Å². The van der Waals surface area contributed by atoms with Crippen LogP contribution in [0, 0.1) is 0 Å². The number of nitrogens with one attached hydrogen (secondary N) is 1. The molecule has 16 heavy (non-hydrogen) atoms. The van der Waals surface area contributed by atoms with Crippen molar-refractivity contribution >= 4 is 17.4 Å². The lowest BCUT2D eigenvalue weighted by Crippen LogP contribution is -2.49. The zero-order valence-corrected chi connectivity index (χ0v) is 8.90. The molecule has 3 heteroatoms. The van der Waals surface area contributed by atoms with Crippen molar-refractivity contribution in [2.24, 2.45) is 0 Å². The molecule has 1 atom stereocenters. The highest BCUT2D eigenvalue weighted by molar-refractivity contribution is 6.31. The monoisotopic (exact) mass is 249 g/mol. The largest absolute Gasteiger partial charge is 0.304 e. The van der Waals surface area contributed by atoms with Gasteiger partial charge in [-0.05, 0) is 31.3 Å². The van der Waals surface area contributed by atoms with Crippen LogP contribution in [-0.2, 0) is 10.3 Å². The summed E-state index contributed by atoms with van der Waals surface area (Å²) in [4.78, 5) is 13.0.